The minimum absolute atomic E-state index is 0.223. The summed E-state index contributed by atoms with van der Waals surface area (Å²) in [5.41, 5.74) is 0.833. The second kappa shape index (κ2) is 8.88. The molecule has 1 atom stereocenters. The minimum atomic E-state index is -0.532. The summed E-state index contributed by atoms with van der Waals surface area (Å²) >= 11 is 6.16. The summed E-state index contributed by atoms with van der Waals surface area (Å²) in [4.78, 5) is 33.0. The predicted molar refractivity (Wildman–Crippen MR) is 123 cm³/mol. The van der Waals surface area contributed by atoms with Crippen molar-refractivity contribution < 1.29 is 13.9 Å². The molecule has 0 aliphatic rings. The number of rotatable bonds is 6. The van der Waals surface area contributed by atoms with Crippen LogP contribution in [-0.4, -0.2) is 34.0 Å². The van der Waals surface area contributed by atoms with Crippen molar-refractivity contribution in [2.24, 2.45) is 0 Å². The number of hydrogen-bond donors (Lipinski definition) is 0. The Labute approximate surface area is 189 Å². The van der Waals surface area contributed by atoms with Crippen LogP contribution in [-0.2, 0) is 0 Å². The first-order valence-electron chi connectivity index (χ1n) is 10.2. The highest BCUT2D eigenvalue weighted by Gasteiger charge is 2.28. The van der Waals surface area contributed by atoms with Crippen LogP contribution in [0.5, 0.6) is 5.75 Å². The van der Waals surface area contributed by atoms with Crippen LogP contribution in [0.1, 0.15) is 36.3 Å². The maximum absolute atomic E-state index is 13.6. The zero-order valence-electron chi connectivity index (χ0n) is 17.9. The quantitative estimate of drug-likeness (QED) is 0.418. The van der Waals surface area contributed by atoms with Crippen LogP contribution in [0, 0.1) is 0 Å². The van der Waals surface area contributed by atoms with Gasteiger partial charge in [0, 0.05) is 11.6 Å². The predicted octanol–water partition coefficient (Wildman–Crippen LogP) is 4.86. The monoisotopic (exact) mass is 451 g/mol. The molecular formula is C24H22ClN3O4. The van der Waals surface area contributed by atoms with Gasteiger partial charge in [0.1, 0.15) is 11.6 Å². The van der Waals surface area contributed by atoms with E-state index in [9.17, 15) is 9.59 Å². The number of hydrogen-bond acceptors (Lipinski definition) is 5. The maximum Gasteiger partial charge on any atom is 0.290 e. The van der Waals surface area contributed by atoms with Gasteiger partial charge in [0.15, 0.2) is 5.76 Å². The summed E-state index contributed by atoms with van der Waals surface area (Å²) in [6, 6.07) is 14.8. The normalized spacial score (nSPS) is 12.0. The summed E-state index contributed by atoms with van der Waals surface area (Å²) < 4.78 is 12.1. The highest BCUT2D eigenvalue weighted by Crippen LogP contribution is 2.26. The van der Waals surface area contributed by atoms with Crippen LogP contribution in [0.3, 0.4) is 0 Å². The van der Waals surface area contributed by atoms with Crippen molar-refractivity contribution in [2.75, 3.05) is 13.7 Å². The third kappa shape index (κ3) is 3.87. The number of halogens is 1. The Kier molecular flexibility index (Phi) is 6.01. The summed E-state index contributed by atoms with van der Waals surface area (Å²) in [7, 11) is 1.58. The van der Waals surface area contributed by atoms with E-state index in [4.69, 9.17) is 25.7 Å². The van der Waals surface area contributed by atoms with Crippen LogP contribution in [0.15, 0.2) is 70.1 Å². The number of amides is 1. The number of carbonyl (C=O) groups excluding carboxylic acids is 1. The number of fused-ring (bicyclic) bond motifs is 1. The molecule has 2 heterocycles. The van der Waals surface area contributed by atoms with Crippen molar-refractivity contribution in [1.82, 2.24) is 14.5 Å². The van der Waals surface area contributed by atoms with Crippen molar-refractivity contribution in [3.8, 4) is 11.4 Å². The molecule has 0 saturated heterocycles. The van der Waals surface area contributed by atoms with Gasteiger partial charge in [0.2, 0.25) is 0 Å². The lowest BCUT2D eigenvalue weighted by Crippen LogP contribution is -2.37. The van der Waals surface area contributed by atoms with Crippen molar-refractivity contribution in [3.05, 3.63) is 87.8 Å². The Morgan fingerprint density at radius 2 is 1.97 bits per heavy atom. The molecule has 2 aromatic heterocycles. The highest BCUT2D eigenvalue weighted by molar-refractivity contribution is 6.31. The summed E-state index contributed by atoms with van der Waals surface area (Å²) in [6.45, 7) is 4.10. The molecule has 164 valence electrons. The molecule has 0 radical (unpaired) electrons. The average molecular weight is 452 g/mol. The Bertz CT molecular complexity index is 1310. The average Bonchev–Trinajstić information content (AvgIpc) is 3.34. The van der Waals surface area contributed by atoms with Gasteiger partial charge in [-0.25, -0.2) is 4.98 Å². The molecule has 0 spiro atoms. The fraction of sp³-hybridized carbons (Fsp3) is 0.208. The van der Waals surface area contributed by atoms with E-state index in [2.05, 4.69) is 0 Å². The van der Waals surface area contributed by atoms with Crippen molar-refractivity contribution in [2.45, 2.75) is 19.9 Å². The second-order valence-corrected chi connectivity index (χ2v) is 7.65. The minimum Gasteiger partial charge on any atom is -0.497 e. The molecule has 32 heavy (non-hydrogen) atoms. The molecule has 0 saturated carbocycles. The molecule has 0 bridgehead atoms. The first kappa shape index (κ1) is 21.6. The third-order valence-corrected chi connectivity index (χ3v) is 5.60. The van der Waals surface area contributed by atoms with E-state index >= 15 is 0 Å². The number of carbonyl (C=O) groups is 1. The van der Waals surface area contributed by atoms with Gasteiger partial charge in [-0.1, -0.05) is 11.6 Å². The zero-order valence-corrected chi connectivity index (χ0v) is 18.7. The maximum atomic E-state index is 13.6. The summed E-state index contributed by atoms with van der Waals surface area (Å²) in [5.74, 6) is 1.02. The topological polar surface area (TPSA) is 77.6 Å². The lowest BCUT2D eigenvalue weighted by Gasteiger charge is -2.29. The van der Waals surface area contributed by atoms with Crippen molar-refractivity contribution >= 4 is 28.4 Å². The molecule has 0 fully saturated rings. The second-order valence-electron chi connectivity index (χ2n) is 7.21. The molecule has 7 nitrogen and oxygen atoms in total. The van der Waals surface area contributed by atoms with Crippen LogP contribution in [0.4, 0.5) is 0 Å². The van der Waals surface area contributed by atoms with Crippen LogP contribution in [0.2, 0.25) is 5.02 Å². The Hall–Kier alpha value is -3.58. The number of furan rings is 1. The van der Waals surface area contributed by atoms with E-state index in [1.54, 1.807) is 66.6 Å². The molecule has 0 aliphatic heterocycles. The van der Waals surface area contributed by atoms with Gasteiger partial charge < -0.3 is 14.1 Å². The fourth-order valence-corrected chi connectivity index (χ4v) is 3.88. The van der Waals surface area contributed by atoms with Gasteiger partial charge in [0.05, 0.1) is 36.0 Å². The lowest BCUT2D eigenvalue weighted by molar-refractivity contribution is 0.0660. The number of ether oxygens (including phenoxy) is 1. The lowest BCUT2D eigenvalue weighted by atomic mass is 10.1. The Balaban J connectivity index is 1.93. The first-order valence-corrected chi connectivity index (χ1v) is 10.5. The van der Waals surface area contributed by atoms with E-state index in [1.165, 1.54) is 10.8 Å². The van der Waals surface area contributed by atoms with E-state index in [1.807, 2.05) is 13.8 Å². The zero-order chi connectivity index (χ0) is 22.8. The molecule has 0 N–H and O–H groups in total. The van der Waals surface area contributed by atoms with Crippen LogP contribution < -0.4 is 10.3 Å². The van der Waals surface area contributed by atoms with Gasteiger partial charge >= 0.3 is 0 Å². The SMILES string of the molecule is CCN(C(=O)c1ccco1)C(C)c1nc2cc(Cl)ccc2c(=O)n1-c1ccc(OC)cc1. The smallest absolute Gasteiger partial charge is 0.290 e. The molecule has 4 rings (SSSR count). The van der Waals surface area contributed by atoms with Gasteiger partial charge in [0.25, 0.3) is 11.5 Å². The molecule has 1 unspecified atom stereocenters. The number of nitrogens with zero attached hydrogens (tertiary/aromatic N) is 3. The van der Waals surface area contributed by atoms with Gasteiger partial charge in [-0.15, -0.1) is 0 Å². The summed E-state index contributed by atoms with van der Waals surface area (Å²) in [6.07, 6.45) is 1.45. The largest absolute Gasteiger partial charge is 0.497 e. The number of benzene rings is 2. The first-order chi connectivity index (χ1) is 15.4. The van der Waals surface area contributed by atoms with E-state index in [0.717, 1.165) is 0 Å². The van der Waals surface area contributed by atoms with Gasteiger partial charge in [-0.05, 0) is 68.4 Å². The summed E-state index contributed by atoms with van der Waals surface area (Å²) in [5, 5.41) is 0.908. The molecule has 0 aliphatic carbocycles. The number of aromatic nitrogens is 2. The highest BCUT2D eigenvalue weighted by atomic mass is 35.5. The number of methoxy groups -OCH3 is 1. The van der Waals surface area contributed by atoms with Gasteiger partial charge in [-0.2, -0.15) is 0 Å². The Morgan fingerprint density at radius 1 is 1.22 bits per heavy atom. The fourth-order valence-electron chi connectivity index (χ4n) is 3.71. The molecule has 1 amide bonds. The van der Waals surface area contributed by atoms with Crippen LogP contribution >= 0.6 is 11.6 Å². The third-order valence-electron chi connectivity index (χ3n) is 5.36. The van der Waals surface area contributed by atoms with Crippen LogP contribution in [0.25, 0.3) is 16.6 Å². The standard InChI is InChI=1S/C24H22ClN3O4/c1-4-27(24(30)21-6-5-13-32-21)15(2)22-26-20-14-16(25)7-12-19(20)23(29)28(22)17-8-10-18(31-3)11-9-17/h5-15H,4H2,1-3H3. The van der Waals surface area contributed by atoms with E-state index in [-0.39, 0.29) is 17.2 Å². The Morgan fingerprint density at radius 3 is 2.59 bits per heavy atom. The van der Waals surface area contributed by atoms with Gasteiger partial charge in [-0.3, -0.25) is 14.2 Å². The van der Waals surface area contributed by atoms with E-state index < -0.39 is 6.04 Å². The molecule has 2 aromatic carbocycles. The molecular weight excluding hydrogens is 430 g/mol. The van der Waals surface area contributed by atoms with E-state index in [0.29, 0.717) is 39.7 Å². The molecule has 8 heteroatoms. The van der Waals surface area contributed by atoms with Crippen molar-refractivity contribution in [3.63, 3.8) is 0 Å². The molecule has 4 aromatic rings. The van der Waals surface area contributed by atoms with Crippen molar-refractivity contribution in [1.29, 1.82) is 0 Å².